The number of aromatic nitrogens is 2. The number of nitrogens with one attached hydrogen (secondary N) is 2. The van der Waals surface area contributed by atoms with E-state index >= 15 is 0 Å². The average Bonchev–Trinajstić information content (AvgIpc) is 2.74. The molecular formula is C22H30N4O5. The van der Waals surface area contributed by atoms with Crippen molar-refractivity contribution in [3.63, 3.8) is 0 Å². The van der Waals surface area contributed by atoms with Gasteiger partial charge in [0, 0.05) is 30.0 Å². The first-order chi connectivity index (χ1) is 14.7. The molecule has 0 radical (unpaired) electrons. The SMILES string of the molecule is COc1cc(Cc2cnc(NC(=O)C(C)C)nc2NC(=O)C(C)C)cc(OC)c1OC. The monoisotopic (exact) mass is 430 g/mol. The van der Waals surface area contributed by atoms with Crippen LogP contribution in [0.4, 0.5) is 11.8 Å². The molecule has 0 aliphatic rings. The fraction of sp³-hybridized carbons (Fsp3) is 0.455. The highest BCUT2D eigenvalue weighted by Gasteiger charge is 2.18. The Labute approximate surface area is 182 Å². The molecule has 2 aromatic rings. The number of carbonyl (C=O) groups is 2. The first-order valence-electron chi connectivity index (χ1n) is 9.96. The largest absolute Gasteiger partial charge is 0.493 e. The maximum Gasteiger partial charge on any atom is 0.231 e. The smallest absolute Gasteiger partial charge is 0.231 e. The third-order valence-corrected chi connectivity index (χ3v) is 4.51. The average molecular weight is 431 g/mol. The zero-order valence-electron chi connectivity index (χ0n) is 19.0. The van der Waals surface area contributed by atoms with Crippen molar-refractivity contribution in [1.82, 2.24) is 9.97 Å². The summed E-state index contributed by atoms with van der Waals surface area (Å²) >= 11 is 0. The van der Waals surface area contributed by atoms with Gasteiger partial charge < -0.3 is 19.5 Å². The molecule has 168 valence electrons. The fourth-order valence-corrected chi connectivity index (χ4v) is 2.68. The van der Waals surface area contributed by atoms with Gasteiger partial charge >= 0.3 is 0 Å². The molecule has 0 bridgehead atoms. The molecule has 0 fully saturated rings. The number of nitrogens with zero attached hydrogens (tertiary/aromatic N) is 2. The van der Waals surface area contributed by atoms with Crippen molar-refractivity contribution in [2.24, 2.45) is 11.8 Å². The lowest BCUT2D eigenvalue weighted by Gasteiger charge is -2.16. The Hall–Kier alpha value is -3.36. The predicted octanol–water partition coefficient (Wildman–Crippen LogP) is 3.28. The Morgan fingerprint density at radius 3 is 1.94 bits per heavy atom. The Balaban J connectivity index is 2.44. The number of anilines is 2. The van der Waals surface area contributed by atoms with Crippen LogP contribution in [0.25, 0.3) is 0 Å². The van der Waals surface area contributed by atoms with Gasteiger partial charge in [0.25, 0.3) is 0 Å². The Morgan fingerprint density at radius 2 is 1.45 bits per heavy atom. The van der Waals surface area contributed by atoms with E-state index in [4.69, 9.17) is 14.2 Å². The summed E-state index contributed by atoms with van der Waals surface area (Å²) in [5.41, 5.74) is 1.52. The molecule has 0 atom stereocenters. The molecule has 0 aliphatic carbocycles. The lowest BCUT2D eigenvalue weighted by molar-refractivity contribution is -0.119. The number of amides is 2. The summed E-state index contributed by atoms with van der Waals surface area (Å²) in [6, 6.07) is 3.65. The minimum absolute atomic E-state index is 0.131. The highest BCUT2D eigenvalue weighted by atomic mass is 16.5. The van der Waals surface area contributed by atoms with Crippen LogP contribution in [0.15, 0.2) is 18.3 Å². The highest BCUT2D eigenvalue weighted by molar-refractivity contribution is 5.93. The van der Waals surface area contributed by atoms with Crippen molar-refractivity contribution >= 4 is 23.6 Å². The molecule has 2 amide bonds. The number of hydrogen-bond acceptors (Lipinski definition) is 7. The van der Waals surface area contributed by atoms with Gasteiger partial charge in [0.15, 0.2) is 11.5 Å². The normalized spacial score (nSPS) is 10.7. The molecule has 0 unspecified atom stereocenters. The van der Waals surface area contributed by atoms with Crippen molar-refractivity contribution in [3.8, 4) is 17.2 Å². The molecule has 1 aromatic heterocycles. The quantitative estimate of drug-likeness (QED) is 0.628. The second-order valence-corrected chi connectivity index (χ2v) is 7.57. The molecule has 0 saturated carbocycles. The molecule has 9 nitrogen and oxygen atoms in total. The number of methoxy groups -OCH3 is 3. The van der Waals surface area contributed by atoms with Gasteiger partial charge in [0.2, 0.25) is 23.5 Å². The number of carbonyl (C=O) groups excluding carboxylic acids is 2. The highest BCUT2D eigenvalue weighted by Crippen LogP contribution is 2.39. The fourth-order valence-electron chi connectivity index (χ4n) is 2.68. The molecule has 2 rings (SSSR count). The molecule has 0 saturated heterocycles. The first-order valence-corrected chi connectivity index (χ1v) is 9.96. The summed E-state index contributed by atoms with van der Waals surface area (Å²) in [6.07, 6.45) is 1.98. The van der Waals surface area contributed by atoms with E-state index in [0.29, 0.717) is 35.1 Å². The Morgan fingerprint density at radius 1 is 0.903 bits per heavy atom. The van der Waals surface area contributed by atoms with Gasteiger partial charge in [0.1, 0.15) is 5.82 Å². The molecule has 31 heavy (non-hydrogen) atoms. The topological polar surface area (TPSA) is 112 Å². The van der Waals surface area contributed by atoms with Gasteiger partial charge in [0.05, 0.1) is 21.3 Å². The van der Waals surface area contributed by atoms with Crippen LogP contribution in [0.3, 0.4) is 0 Å². The molecule has 1 heterocycles. The minimum atomic E-state index is -0.238. The maximum atomic E-state index is 12.3. The maximum absolute atomic E-state index is 12.3. The summed E-state index contributed by atoms with van der Waals surface area (Å²) in [7, 11) is 4.63. The van der Waals surface area contributed by atoms with Gasteiger partial charge in [-0.25, -0.2) is 4.98 Å². The zero-order chi connectivity index (χ0) is 23.1. The minimum Gasteiger partial charge on any atom is -0.493 e. The van der Waals surface area contributed by atoms with Crippen LogP contribution < -0.4 is 24.8 Å². The Bertz CT molecular complexity index is 918. The first kappa shape index (κ1) is 23.9. The van der Waals surface area contributed by atoms with E-state index in [-0.39, 0.29) is 29.6 Å². The summed E-state index contributed by atoms with van der Waals surface area (Å²) in [6.45, 7) is 7.12. The van der Waals surface area contributed by atoms with Crippen LogP contribution in [-0.2, 0) is 16.0 Å². The predicted molar refractivity (Wildman–Crippen MR) is 118 cm³/mol. The second-order valence-electron chi connectivity index (χ2n) is 7.57. The van der Waals surface area contributed by atoms with E-state index in [0.717, 1.165) is 5.56 Å². The van der Waals surface area contributed by atoms with Crippen LogP contribution in [0, 0.1) is 11.8 Å². The number of ether oxygens (including phenoxy) is 3. The van der Waals surface area contributed by atoms with Crippen LogP contribution >= 0.6 is 0 Å². The van der Waals surface area contributed by atoms with E-state index in [9.17, 15) is 9.59 Å². The lowest BCUT2D eigenvalue weighted by Crippen LogP contribution is -2.22. The van der Waals surface area contributed by atoms with E-state index in [2.05, 4.69) is 20.6 Å². The lowest BCUT2D eigenvalue weighted by atomic mass is 10.0. The zero-order valence-corrected chi connectivity index (χ0v) is 19.0. The third-order valence-electron chi connectivity index (χ3n) is 4.51. The van der Waals surface area contributed by atoms with Gasteiger partial charge in [-0.05, 0) is 17.7 Å². The van der Waals surface area contributed by atoms with Gasteiger partial charge in [-0.15, -0.1) is 0 Å². The molecular weight excluding hydrogens is 400 g/mol. The van der Waals surface area contributed by atoms with Crippen molar-refractivity contribution in [1.29, 1.82) is 0 Å². The summed E-state index contributed by atoms with van der Waals surface area (Å²) < 4.78 is 16.2. The standard InChI is InChI=1S/C22H30N4O5/c1-12(2)20(27)24-19-15(11-23-22(25-19)26-21(28)13(3)4)8-14-9-16(29-5)18(31-7)17(10-14)30-6/h9-13H,8H2,1-7H3,(H2,23,24,25,26,27,28). The number of rotatable bonds is 9. The Kier molecular flexibility index (Phi) is 8.18. The number of hydrogen-bond donors (Lipinski definition) is 2. The molecule has 0 aliphatic heterocycles. The molecule has 1 aromatic carbocycles. The van der Waals surface area contributed by atoms with Gasteiger partial charge in [-0.3, -0.25) is 14.9 Å². The van der Waals surface area contributed by atoms with E-state index in [1.165, 1.54) is 7.11 Å². The third kappa shape index (κ3) is 6.07. The van der Waals surface area contributed by atoms with Crippen molar-refractivity contribution in [2.45, 2.75) is 34.1 Å². The van der Waals surface area contributed by atoms with Gasteiger partial charge in [-0.1, -0.05) is 27.7 Å². The van der Waals surface area contributed by atoms with Crippen LogP contribution in [-0.4, -0.2) is 43.1 Å². The summed E-state index contributed by atoms with van der Waals surface area (Å²) in [5, 5.41) is 5.48. The molecule has 2 N–H and O–H groups in total. The van der Waals surface area contributed by atoms with Crippen LogP contribution in [0.5, 0.6) is 17.2 Å². The number of benzene rings is 1. The van der Waals surface area contributed by atoms with E-state index < -0.39 is 0 Å². The second kappa shape index (κ2) is 10.6. The van der Waals surface area contributed by atoms with Crippen molar-refractivity contribution in [2.75, 3.05) is 32.0 Å². The van der Waals surface area contributed by atoms with Crippen molar-refractivity contribution < 1.29 is 23.8 Å². The molecule has 9 heteroatoms. The molecule has 0 spiro atoms. The van der Waals surface area contributed by atoms with E-state index in [1.54, 1.807) is 48.1 Å². The van der Waals surface area contributed by atoms with Gasteiger partial charge in [-0.2, -0.15) is 4.98 Å². The summed E-state index contributed by atoms with van der Waals surface area (Å²) in [5.74, 6) is 1.13. The van der Waals surface area contributed by atoms with Crippen LogP contribution in [0.1, 0.15) is 38.8 Å². The van der Waals surface area contributed by atoms with Crippen LogP contribution in [0.2, 0.25) is 0 Å². The summed E-state index contributed by atoms with van der Waals surface area (Å²) in [4.78, 5) is 33.0. The van der Waals surface area contributed by atoms with Crippen molar-refractivity contribution in [3.05, 3.63) is 29.5 Å². The van der Waals surface area contributed by atoms with E-state index in [1.807, 2.05) is 12.1 Å².